The van der Waals surface area contributed by atoms with Crippen molar-refractivity contribution in [1.82, 2.24) is 14.7 Å². The van der Waals surface area contributed by atoms with Gasteiger partial charge in [0.05, 0.1) is 6.54 Å². The molecule has 0 aliphatic carbocycles. The number of pyridine rings is 1. The van der Waals surface area contributed by atoms with Crippen LogP contribution in [0.1, 0.15) is 5.01 Å². The molecule has 0 unspecified atom stereocenters. The summed E-state index contributed by atoms with van der Waals surface area (Å²) in [7, 11) is -1.96. The van der Waals surface area contributed by atoms with Crippen LogP contribution < -0.4 is 10.0 Å². The molecule has 0 atom stereocenters. The molecule has 2 rings (SSSR count). The third-order valence-electron chi connectivity index (χ3n) is 2.19. The Morgan fingerprint density at radius 3 is 2.83 bits per heavy atom. The van der Waals surface area contributed by atoms with Crippen LogP contribution in [0.5, 0.6) is 0 Å². The maximum atomic E-state index is 12.1. The van der Waals surface area contributed by atoms with Gasteiger partial charge in [-0.15, -0.1) is 11.3 Å². The summed E-state index contributed by atoms with van der Waals surface area (Å²) in [6, 6.07) is 3.09. The Kier molecular flexibility index (Phi) is 3.90. The number of anilines is 1. The van der Waals surface area contributed by atoms with E-state index in [2.05, 4.69) is 20.0 Å². The Morgan fingerprint density at radius 1 is 1.33 bits per heavy atom. The zero-order valence-electron chi connectivity index (χ0n) is 9.62. The minimum Gasteiger partial charge on any atom is -0.372 e. The van der Waals surface area contributed by atoms with Crippen LogP contribution >= 0.6 is 11.3 Å². The lowest BCUT2D eigenvalue weighted by molar-refractivity contribution is 0.581. The number of thiazole rings is 1. The zero-order valence-corrected chi connectivity index (χ0v) is 11.3. The first-order valence-electron chi connectivity index (χ1n) is 5.14. The Bertz CT molecular complexity index is 611. The molecule has 0 radical (unpaired) electrons. The second kappa shape index (κ2) is 5.42. The first-order valence-corrected chi connectivity index (χ1v) is 7.50. The fourth-order valence-electron chi connectivity index (χ4n) is 1.37. The number of rotatable bonds is 5. The van der Waals surface area contributed by atoms with Crippen LogP contribution in [0.15, 0.2) is 34.8 Å². The van der Waals surface area contributed by atoms with E-state index in [1.165, 1.54) is 23.6 Å². The van der Waals surface area contributed by atoms with E-state index in [1.54, 1.807) is 24.7 Å². The lowest BCUT2D eigenvalue weighted by atomic mass is 10.5. The summed E-state index contributed by atoms with van der Waals surface area (Å²) in [5.41, 5.74) is 0. The third kappa shape index (κ3) is 2.84. The molecule has 0 aliphatic rings. The van der Waals surface area contributed by atoms with Crippen LogP contribution in [-0.2, 0) is 16.6 Å². The predicted octanol–water partition coefficient (Wildman–Crippen LogP) is 1.06. The summed E-state index contributed by atoms with van der Waals surface area (Å²) in [5, 5.41) is 5.27. The minimum absolute atomic E-state index is 0.129. The van der Waals surface area contributed by atoms with E-state index < -0.39 is 10.0 Å². The quantitative estimate of drug-likeness (QED) is 0.857. The maximum Gasteiger partial charge on any atom is 0.244 e. The maximum absolute atomic E-state index is 12.1. The van der Waals surface area contributed by atoms with E-state index in [0.717, 1.165) is 0 Å². The van der Waals surface area contributed by atoms with Gasteiger partial charge in [-0.3, -0.25) is 0 Å². The van der Waals surface area contributed by atoms with Crippen molar-refractivity contribution >= 4 is 27.2 Å². The van der Waals surface area contributed by atoms with Gasteiger partial charge >= 0.3 is 0 Å². The molecule has 0 saturated carbocycles. The first kappa shape index (κ1) is 12.9. The molecule has 96 valence electrons. The average Bonchev–Trinajstić information content (AvgIpc) is 2.89. The Labute approximate surface area is 109 Å². The molecular weight excluding hydrogens is 272 g/mol. The van der Waals surface area contributed by atoms with Gasteiger partial charge in [-0.2, -0.15) is 0 Å². The monoisotopic (exact) mass is 284 g/mol. The summed E-state index contributed by atoms with van der Waals surface area (Å²) >= 11 is 1.40. The molecule has 0 saturated heterocycles. The standard InChI is InChI=1S/C10H12N4O2S2/c1-11-10-8(3-2-4-13-10)18(15,16)14-7-9-12-5-6-17-9/h2-6,14H,7H2,1H3,(H,11,13). The smallest absolute Gasteiger partial charge is 0.244 e. The fourth-order valence-corrected chi connectivity index (χ4v) is 3.17. The van der Waals surface area contributed by atoms with Crippen molar-refractivity contribution in [1.29, 1.82) is 0 Å². The van der Waals surface area contributed by atoms with Crippen LogP contribution in [0.25, 0.3) is 0 Å². The third-order valence-corrected chi connectivity index (χ3v) is 4.41. The molecule has 2 N–H and O–H groups in total. The van der Waals surface area contributed by atoms with Crippen molar-refractivity contribution in [2.75, 3.05) is 12.4 Å². The molecule has 0 amide bonds. The van der Waals surface area contributed by atoms with Crippen LogP contribution in [0.3, 0.4) is 0 Å². The highest BCUT2D eigenvalue weighted by Gasteiger charge is 2.18. The highest BCUT2D eigenvalue weighted by molar-refractivity contribution is 7.89. The van der Waals surface area contributed by atoms with Gasteiger partial charge in [0.15, 0.2) is 0 Å². The average molecular weight is 284 g/mol. The second-order valence-electron chi connectivity index (χ2n) is 3.35. The van der Waals surface area contributed by atoms with Crippen molar-refractivity contribution in [2.45, 2.75) is 11.4 Å². The van der Waals surface area contributed by atoms with Crippen LogP contribution in [0.4, 0.5) is 5.82 Å². The first-order chi connectivity index (χ1) is 8.63. The molecule has 0 bridgehead atoms. The van der Waals surface area contributed by atoms with Gasteiger partial charge in [0.2, 0.25) is 10.0 Å². The topological polar surface area (TPSA) is 84.0 Å². The van der Waals surface area contributed by atoms with Gasteiger partial charge in [-0.1, -0.05) is 0 Å². The van der Waals surface area contributed by atoms with E-state index in [1.807, 2.05) is 0 Å². The Morgan fingerprint density at radius 2 is 2.17 bits per heavy atom. The minimum atomic E-state index is -3.59. The number of nitrogens with zero attached hydrogens (tertiary/aromatic N) is 2. The molecule has 0 fully saturated rings. The molecule has 0 aliphatic heterocycles. The summed E-state index contributed by atoms with van der Waals surface area (Å²) in [6.45, 7) is 0.179. The van der Waals surface area contributed by atoms with Crippen molar-refractivity contribution in [3.63, 3.8) is 0 Å². The SMILES string of the molecule is CNc1ncccc1S(=O)(=O)NCc1nccs1. The number of hydrogen-bond donors (Lipinski definition) is 2. The van der Waals surface area contributed by atoms with Gasteiger partial charge in [-0.05, 0) is 12.1 Å². The van der Waals surface area contributed by atoms with Crippen LogP contribution in [-0.4, -0.2) is 25.4 Å². The molecule has 2 aromatic rings. The highest BCUT2D eigenvalue weighted by Crippen LogP contribution is 2.17. The fraction of sp³-hybridized carbons (Fsp3) is 0.200. The second-order valence-corrected chi connectivity index (χ2v) is 6.07. The van der Waals surface area contributed by atoms with Crippen LogP contribution in [0.2, 0.25) is 0 Å². The number of nitrogens with one attached hydrogen (secondary N) is 2. The van der Waals surface area contributed by atoms with E-state index >= 15 is 0 Å². The molecule has 2 aromatic heterocycles. The lowest BCUT2D eigenvalue weighted by Crippen LogP contribution is -2.24. The highest BCUT2D eigenvalue weighted by atomic mass is 32.2. The predicted molar refractivity (Wildman–Crippen MR) is 69.9 cm³/mol. The molecule has 0 aromatic carbocycles. The molecule has 8 heteroatoms. The van der Waals surface area contributed by atoms with Gasteiger partial charge < -0.3 is 5.32 Å². The Hall–Kier alpha value is -1.51. The molecule has 6 nitrogen and oxygen atoms in total. The van der Waals surface area contributed by atoms with Crippen molar-refractivity contribution in [2.24, 2.45) is 0 Å². The summed E-state index contributed by atoms with van der Waals surface area (Å²) in [5.74, 6) is 0.323. The molecular formula is C10H12N4O2S2. The van der Waals surface area contributed by atoms with Gasteiger partial charge in [0, 0.05) is 24.8 Å². The van der Waals surface area contributed by atoms with Crippen LogP contribution in [0, 0.1) is 0 Å². The largest absolute Gasteiger partial charge is 0.372 e. The summed E-state index contributed by atoms with van der Waals surface area (Å²) in [4.78, 5) is 8.11. The van der Waals surface area contributed by atoms with E-state index in [0.29, 0.717) is 10.8 Å². The zero-order chi connectivity index (χ0) is 13.0. The molecule has 0 spiro atoms. The number of aromatic nitrogens is 2. The van der Waals surface area contributed by atoms with Gasteiger partial charge in [0.25, 0.3) is 0 Å². The van der Waals surface area contributed by atoms with Gasteiger partial charge in [-0.25, -0.2) is 23.1 Å². The summed E-state index contributed by atoms with van der Waals surface area (Å²) in [6.07, 6.45) is 3.17. The number of sulfonamides is 1. The number of hydrogen-bond acceptors (Lipinski definition) is 6. The lowest BCUT2D eigenvalue weighted by Gasteiger charge is -2.09. The van der Waals surface area contributed by atoms with E-state index in [9.17, 15) is 8.42 Å². The van der Waals surface area contributed by atoms with Crippen molar-refractivity contribution in [3.05, 3.63) is 34.9 Å². The van der Waals surface area contributed by atoms with E-state index in [4.69, 9.17) is 0 Å². The normalized spacial score (nSPS) is 11.4. The Balaban J connectivity index is 2.20. The summed E-state index contributed by atoms with van der Waals surface area (Å²) < 4.78 is 26.7. The van der Waals surface area contributed by atoms with Crippen molar-refractivity contribution < 1.29 is 8.42 Å². The molecule has 18 heavy (non-hydrogen) atoms. The van der Waals surface area contributed by atoms with Gasteiger partial charge in [0.1, 0.15) is 15.7 Å². The van der Waals surface area contributed by atoms with Crippen molar-refractivity contribution in [3.8, 4) is 0 Å². The molecule has 2 heterocycles. The van der Waals surface area contributed by atoms with E-state index in [-0.39, 0.29) is 11.4 Å².